The molecule has 0 aromatic carbocycles. The van der Waals surface area contributed by atoms with Crippen LogP contribution in [0.15, 0.2) is 0 Å². The normalized spacial score (nSPS) is 14.4. The highest BCUT2D eigenvalue weighted by Crippen LogP contribution is 2.13. The van der Waals surface area contributed by atoms with Crippen LogP contribution in [0.5, 0.6) is 0 Å². The Morgan fingerprint density at radius 2 is 0.950 bits per heavy atom. The molecule has 0 saturated carbocycles. The Kier molecular flexibility index (Phi) is 15.3. The highest BCUT2D eigenvalue weighted by molar-refractivity contribution is 4.61. The molecule has 2 unspecified atom stereocenters. The van der Waals surface area contributed by atoms with E-state index in [2.05, 4.69) is 6.92 Å². The van der Waals surface area contributed by atoms with Crippen molar-refractivity contribution in [2.24, 2.45) is 0 Å². The predicted octanol–water partition coefficient (Wildman–Crippen LogP) is 5.21. The maximum atomic E-state index is 9.45. The molecule has 0 aliphatic carbocycles. The first kappa shape index (κ1) is 19.9. The summed E-state index contributed by atoms with van der Waals surface area (Å²) < 4.78 is 0. The summed E-state index contributed by atoms with van der Waals surface area (Å²) in [4.78, 5) is 0. The summed E-state index contributed by atoms with van der Waals surface area (Å²) in [5.41, 5.74) is 0. The van der Waals surface area contributed by atoms with Crippen LogP contribution in [0.25, 0.3) is 0 Å². The molecule has 0 bridgehead atoms. The minimum absolute atomic E-state index is 0.525. The van der Waals surface area contributed by atoms with E-state index in [9.17, 15) is 5.11 Å². The smallest absolute Gasteiger partial charge is 0.0796 e. The number of unbranched alkanes of at least 4 members (excludes halogenated alkanes) is 12. The van der Waals surface area contributed by atoms with E-state index >= 15 is 0 Å². The largest absolute Gasteiger partial charge is 0.391 e. The molecule has 0 aliphatic heterocycles. The molecule has 0 amide bonds. The summed E-state index contributed by atoms with van der Waals surface area (Å²) in [7, 11) is 0. The van der Waals surface area contributed by atoms with Crippen LogP contribution in [-0.2, 0) is 0 Å². The van der Waals surface area contributed by atoms with Crippen molar-refractivity contribution in [2.45, 2.75) is 116 Å². The van der Waals surface area contributed by atoms with Gasteiger partial charge < -0.3 is 10.2 Å². The Labute approximate surface area is 127 Å². The fourth-order valence-electron chi connectivity index (χ4n) is 2.61. The first-order chi connectivity index (χ1) is 9.68. The van der Waals surface area contributed by atoms with Crippen LogP contribution in [0, 0.1) is 0 Å². The second-order valence-corrected chi connectivity index (χ2v) is 6.34. The Morgan fingerprint density at radius 3 is 1.30 bits per heavy atom. The maximum absolute atomic E-state index is 9.45. The molecule has 0 radical (unpaired) electrons. The highest BCUT2D eigenvalue weighted by Gasteiger charge is 2.09. The number of hydrogen-bond donors (Lipinski definition) is 2. The lowest BCUT2D eigenvalue weighted by molar-refractivity contribution is 0.0247. The second-order valence-electron chi connectivity index (χ2n) is 6.34. The van der Waals surface area contributed by atoms with Crippen molar-refractivity contribution >= 4 is 0 Å². The average Bonchev–Trinajstić information content (AvgIpc) is 2.43. The first-order valence-electron chi connectivity index (χ1n) is 9.04. The first-order valence-corrected chi connectivity index (χ1v) is 9.04. The predicted molar refractivity (Wildman–Crippen MR) is 88.0 cm³/mol. The SMILES string of the molecule is CCCCCCCCCCCCCCCC(O)C(C)O. The van der Waals surface area contributed by atoms with Gasteiger partial charge in [0, 0.05) is 0 Å². The quantitative estimate of drug-likeness (QED) is 0.406. The van der Waals surface area contributed by atoms with Crippen LogP contribution < -0.4 is 0 Å². The van der Waals surface area contributed by atoms with Gasteiger partial charge in [-0.15, -0.1) is 0 Å². The zero-order valence-corrected chi connectivity index (χ0v) is 13.9. The minimum atomic E-state index is -0.577. The maximum Gasteiger partial charge on any atom is 0.0796 e. The van der Waals surface area contributed by atoms with Gasteiger partial charge in [-0.1, -0.05) is 90.4 Å². The number of aliphatic hydroxyl groups is 2. The van der Waals surface area contributed by atoms with Crippen molar-refractivity contribution < 1.29 is 10.2 Å². The number of aliphatic hydroxyl groups excluding tert-OH is 2. The van der Waals surface area contributed by atoms with Crippen LogP contribution in [0.3, 0.4) is 0 Å². The summed E-state index contributed by atoms with van der Waals surface area (Å²) >= 11 is 0. The Morgan fingerprint density at radius 1 is 0.600 bits per heavy atom. The molecule has 0 aromatic heterocycles. The van der Waals surface area contributed by atoms with E-state index in [1.807, 2.05) is 0 Å². The molecular weight excluding hydrogens is 248 g/mol. The molecule has 122 valence electrons. The van der Waals surface area contributed by atoms with E-state index in [0.29, 0.717) is 0 Å². The highest BCUT2D eigenvalue weighted by atomic mass is 16.3. The topological polar surface area (TPSA) is 40.5 Å². The molecule has 0 rings (SSSR count). The van der Waals surface area contributed by atoms with Gasteiger partial charge in [-0.05, 0) is 13.3 Å². The molecule has 20 heavy (non-hydrogen) atoms. The number of rotatable bonds is 15. The molecule has 2 nitrogen and oxygen atoms in total. The zero-order chi connectivity index (χ0) is 15.1. The summed E-state index contributed by atoms with van der Waals surface area (Å²) in [6, 6.07) is 0. The van der Waals surface area contributed by atoms with Gasteiger partial charge in [-0.2, -0.15) is 0 Å². The van der Waals surface area contributed by atoms with Crippen molar-refractivity contribution in [3.05, 3.63) is 0 Å². The standard InChI is InChI=1S/C18H38O2/c1-3-4-5-6-7-8-9-10-11-12-13-14-15-16-18(20)17(2)19/h17-20H,3-16H2,1-2H3. The monoisotopic (exact) mass is 286 g/mol. The third-order valence-corrected chi connectivity index (χ3v) is 4.16. The lowest BCUT2D eigenvalue weighted by atomic mass is 10.0. The molecule has 0 saturated heterocycles. The van der Waals surface area contributed by atoms with Crippen molar-refractivity contribution in [1.29, 1.82) is 0 Å². The summed E-state index contributed by atoms with van der Waals surface area (Å²) in [5.74, 6) is 0. The fraction of sp³-hybridized carbons (Fsp3) is 1.00. The van der Waals surface area contributed by atoms with Crippen LogP contribution in [0.1, 0.15) is 104 Å². The summed E-state index contributed by atoms with van der Waals surface area (Å²) in [5, 5.41) is 18.6. The number of hydrogen-bond acceptors (Lipinski definition) is 2. The van der Waals surface area contributed by atoms with E-state index in [1.54, 1.807) is 6.92 Å². The van der Waals surface area contributed by atoms with Crippen molar-refractivity contribution in [3.8, 4) is 0 Å². The van der Waals surface area contributed by atoms with Crippen LogP contribution in [0.4, 0.5) is 0 Å². The average molecular weight is 286 g/mol. The lowest BCUT2D eigenvalue weighted by Crippen LogP contribution is -2.21. The minimum Gasteiger partial charge on any atom is -0.391 e. The molecule has 0 aliphatic rings. The molecule has 0 heterocycles. The van der Waals surface area contributed by atoms with Crippen molar-refractivity contribution in [3.63, 3.8) is 0 Å². The van der Waals surface area contributed by atoms with E-state index < -0.39 is 12.2 Å². The van der Waals surface area contributed by atoms with E-state index in [0.717, 1.165) is 12.8 Å². The molecular formula is C18H38O2. The van der Waals surface area contributed by atoms with Crippen LogP contribution >= 0.6 is 0 Å². The van der Waals surface area contributed by atoms with Crippen molar-refractivity contribution in [1.82, 2.24) is 0 Å². The molecule has 2 N–H and O–H groups in total. The third kappa shape index (κ3) is 14.3. The van der Waals surface area contributed by atoms with Crippen LogP contribution in [-0.4, -0.2) is 22.4 Å². The lowest BCUT2D eigenvalue weighted by Gasteiger charge is -2.12. The summed E-state index contributed by atoms with van der Waals surface area (Å²) in [6.07, 6.45) is 17.1. The van der Waals surface area contributed by atoms with Gasteiger partial charge in [-0.3, -0.25) is 0 Å². The zero-order valence-electron chi connectivity index (χ0n) is 13.9. The summed E-state index contributed by atoms with van der Waals surface area (Å²) in [6.45, 7) is 3.93. The molecule has 0 fully saturated rings. The Bertz CT molecular complexity index is 180. The molecule has 2 atom stereocenters. The molecule has 0 spiro atoms. The second kappa shape index (κ2) is 15.3. The van der Waals surface area contributed by atoms with Crippen molar-refractivity contribution in [2.75, 3.05) is 0 Å². The van der Waals surface area contributed by atoms with Gasteiger partial charge in [0.05, 0.1) is 12.2 Å². The van der Waals surface area contributed by atoms with E-state index in [4.69, 9.17) is 5.11 Å². The fourth-order valence-corrected chi connectivity index (χ4v) is 2.61. The van der Waals surface area contributed by atoms with E-state index in [1.165, 1.54) is 77.0 Å². The van der Waals surface area contributed by atoms with Gasteiger partial charge >= 0.3 is 0 Å². The van der Waals surface area contributed by atoms with Gasteiger partial charge in [0.2, 0.25) is 0 Å². The Hall–Kier alpha value is -0.0800. The molecule has 0 aromatic rings. The van der Waals surface area contributed by atoms with E-state index in [-0.39, 0.29) is 0 Å². The molecule has 2 heteroatoms. The third-order valence-electron chi connectivity index (χ3n) is 4.16. The van der Waals surface area contributed by atoms with Gasteiger partial charge in [-0.25, -0.2) is 0 Å². The van der Waals surface area contributed by atoms with Crippen LogP contribution in [0.2, 0.25) is 0 Å². The Balaban J connectivity index is 3.03. The van der Waals surface area contributed by atoms with Gasteiger partial charge in [0.1, 0.15) is 0 Å². The van der Waals surface area contributed by atoms with Gasteiger partial charge in [0.15, 0.2) is 0 Å². The van der Waals surface area contributed by atoms with Gasteiger partial charge in [0.25, 0.3) is 0 Å².